The highest BCUT2D eigenvalue weighted by molar-refractivity contribution is 5.93. The van der Waals surface area contributed by atoms with Crippen LogP contribution in [0.2, 0.25) is 0 Å². The molecule has 0 saturated heterocycles. The molecule has 0 atom stereocenters. The second-order valence-corrected chi connectivity index (χ2v) is 4.35. The molecule has 1 aromatic carbocycles. The smallest absolute Gasteiger partial charge is 0.322 e. The van der Waals surface area contributed by atoms with Crippen LogP contribution in [0, 0.1) is 0 Å². The lowest BCUT2D eigenvalue weighted by Crippen LogP contribution is -2.41. The van der Waals surface area contributed by atoms with Crippen LogP contribution >= 0.6 is 0 Å². The zero-order valence-electron chi connectivity index (χ0n) is 12.0. The summed E-state index contributed by atoms with van der Waals surface area (Å²) in [6, 6.07) is 6.23. The minimum Gasteiger partial charge on any atom is -0.481 e. The molecule has 7 nitrogen and oxygen atoms in total. The van der Waals surface area contributed by atoms with Crippen LogP contribution in [0.3, 0.4) is 0 Å². The third-order valence-corrected chi connectivity index (χ3v) is 2.88. The predicted octanol–water partition coefficient (Wildman–Crippen LogP) is 0.913. The zero-order valence-corrected chi connectivity index (χ0v) is 12.0. The van der Waals surface area contributed by atoms with Crippen molar-refractivity contribution in [1.82, 2.24) is 10.2 Å². The predicted molar refractivity (Wildman–Crippen MR) is 78.1 cm³/mol. The summed E-state index contributed by atoms with van der Waals surface area (Å²) in [4.78, 5) is 35.6. The number of aliphatic carboxylic acids is 1. The molecule has 3 amide bonds. The van der Waals surface area contributed by atoms with Crippen LogP contribution in [-0.2, 0) is 16.0 Å². The number of carboxylic acids is 1. The van der Waals surface area contributed by atoms with Gasteiger partial charge in [-0.2, -0.15) is 0 Å². The number of hydrogen-bond donors (Lipinski definition) is 3. The molecular formula is C14H19N3O4. The summed E-state index contributed by atoms with van der Waals surface area (Å²) in [7, 11) is 1.50. The van der Waals surface area contributed by atoms with Gasteiger partial charge in [0.2, 0.25) is 5.91 Å². The van der Waals surface area contributed by atoms with Crippen LogP contribution < -0.4 is 10.6 Å². The maximum absolute atomic E-state index is 12.1. The van der Waals surface area contributed by atoms with Gasteiger partial charge >= 0.3 is 12.0 Å². The molecule has 3 N–H and O–H groups in total. The number of carbonyl (C=O) groups excluding carboxylic acids is 2. The summed E-state index contributed by atoms with van der Waals surface area (Å²) in [5.41, 5.74) is 0.939. The molecule has 1 rings (SSSR count). The summed E-state index contributed by atoms with van der Waals surface area (Å²) in [6.07, 6.45) is -0.183. The van der Waals surface area contributed by atoms with Gasteiger partial charge in [-0.1, -0.05) is 18.2 Å². The van der Waals surface area contributed by atoms with Gasteiger partial charge in [-0.25, -0.2) is 4.79 Å². The Labute approximate surface area is 122 Å². The number of hydrogen-bond acceptors (Lipinski definition) is 3. The Balaban J connectivity index is 2.81. The van der Waals surface area contributed by atoms with Crippen molar-refractivity contribution in [2.45, 2.75) is 13.3 Å². The van der Waals surface area contributed by atoms with E-state index in [2.05, 4.69) is 10.6 Å². The Morgan fingerprint density at radius 1 is 1.24 bits per heavy atom. The van der Waals surface area contributed by atoms with E-state index in [1.165, 1.54) is 11.9 Å². The topological polar surface area (TPSA) is 98.7 Å². The number of anilines is 1. The highest BCUT2D eigenvalue weighted by Crippen LogP contribution is 2.16. The van der Waals surface area contributed by atoms with Crippen LogP contribution in [0.1, 0.15) is 12.5 Å². The lowest BCUT2D eigenvalue weighted by atomic mass is 10.1. The molecule has 0 bridgehead atoms. The molecule has 0 aliphatic carbocycles. The largest absolute Gasteiger partial charge is 0.481 e. The van der Waals surface area contributed by atoms with E-state index in [0.29, 0.717) is 17.8 Å². The molecule has 0 radical (unpaired) electrons. The number of nitrogens with one attached hydrogen (secondary N) is 2. The molecule has 0 aliphatic heterocycles. The van der Waals surface area contributed by atoms with Crippen molar-refractivity contribution >= 4 is 23.6 Å². The SMILES string of the molecule is CCN(CC(=O)NC)C(=O)Nc1ccccc1CC(=O)O. The number of amides is 3. The zero-order chi connectivity index (χ0) is 15.8. The molecule has 114 valence electrons. The maximum atomic E-state index is 12.1. The molecule has 0 aliphatic rings. The number of nitrogens with zero attached hydrogens (tertiary/aromatic N) is 1. The van der Waals surface area contributed by atoms with Gasteiger partial charge in [0, 0.05) is 19.3 Å². The molecule has 0 spiro atoms. The van der Waals surface area contributed by atoms with Crippen molar-refractivity contribution < 1.29 is 19.5 Å². The van der Waals surface area contributed by atoms with Crippen molar-refractivity contribution in [3.05, 3.63) is 29.8 Å². The highest BCUT2D eigenvalue weighted by atomic mass is 16.4. The molecule has 0 heterocycles. The number of benzene rings is 1. The van der Waals surface area contributed by atoms with Crippen molar-refractivity contribution in [2.24, 2.45) is 0 Å². The van der Waals surface area contributed by atoms with E-state index in [0.717, 1.165) is 0 Å². The van der Waals surface area contributed by atoms with Gasteiger partial charge in [-0.3, -0.25) is 9.59 Å². The molecule has 1 aromatic rings. The number of rotatable bonds is 6. The Morgan fingerprint density at radius 2 is 1.90 bits per heavy atom. The number of urea groups is 1. The van der Waals surface area contributed by atoms with Gasteiger partial charge < -0.3 is 20.6 Å². The van der Waals surface area contributed by atoms with E-state index in [1.54, 1.807) is 31.2 Å². The summed E-state index contributed by atoms with van der Waals surface area (Å²) in [6.45, 7) is 2.06. The number of para-hydroxylation sites is 1. The van der Waals surface area contributed by atoms with Crippen molar-refractivity contribution in [1.29, 1.82) is 0 Å². The lowest BCUT2D eigenvalue weighted by molar-refractivity contribution is -0.136. The van der Waals surface area contributed by atoms with E-state index in [9.17, 15) is 14.4 Å². The average Bonchev–Trinajstić information content (AvgIpc) is 2.45. The lowest BCUT2D eigenvalue weighted by Gasteiger charge is -2.21. The van der Waals surface area contributed by atoms with Crippen LogP contribution in [0.4, 0.5) is 10.5 Å². The number of carboxylic acid groups (broad SMARTS) is 1. The van der Waals surface area contributed by atoms with Gasteiger partial charge in [0.25, 0.3) is 0 Å². The van der Waals surface area contributed by atoms with Gasteiger partial charge in [0.05, 0.1) is 6.42 Å². The summed E-state index contributed by atoms with van der Waals surface area (Å²) >= 11 is 0. The first-order chi connectivity index (χ1) is 9.97. The molecular weight excluding hydrogens is 274 g/mol. The van der Waals surface area contributed by atoms with E-state index < -0.39 is 12.0 Å². The molecule has 7 heteroatoms. The van der Waals surface area contributed by atoms with E-state index in [-0.39, 0.29) is 18.9 Å². The van der Waals surface area contributed by atoms with Crippen molar-refractivity contribution in [3.63, 3.8) is 0 Å². The van der Waals surface area contributed by atoms with Gasteiger partial charge in [-0.05, 0) is 18.6 Å². The number of likely N-dealkylation sites (N-methyl/N-ethyl adjacent to an activating group) is 2. The number of carbonyl (C=O) groups is 3. The first kappa shape index (κ1) is 16.5. The highest BCUT2D eigenvalue weighted by Gasteiger charge is 2.16. The first-order valence-corrected chi connectivity index (χ1v) is 6.54. The normalized spacial score (nSPS) is 9.81. The monoisotopic (exact) mass is 293 g/mol. The fourth-order valence-electron chi connectivity index (χ4n) is 1.73. The molecule has 0 saturated carbocycles. The van der Waals surface area contributed by atoms with Crippen molar-refractivity contribution in [3.8, 4) is 0 Å². The second-order valence-electron chi connectivity index (χ2n) is 4.35. The molecule has 21 heavy (non-hydrogen) atoms. The Morgan fingerprint density at radius 3 is 2.48 bits per heavy atom. The summed E-state index contributed by atoms with van der Waals surface area (Å²) in [5, 5.41) is 13.9. The minimum atomic E-state index is -0.977. The van der Waals surface area contributed by atoms with Crippen LogP contribution in [-0.4, -0.2) is 48.1 Å². The first-order valence-electron chi connectivity index (χ1n) is 6.54. The fourth-order valence-corrected chi connectivity index (χ4v) is 1.73. The summed E-state index contributed by atoms with van der Waals surface area (Å²) in [5.74, 6) is -1.25. The molecule has 0 aromatic heterocycles. The van der Waals surface area contributed by atoms with Crippen LogP contribution in [0.15, 0.2) is 24.3 Å². The van der Waals surface area contributed by atoms with Gasteiger partial charge in [0.1, 0.15) is 6.54 Å². The minimum absolute atomic E-state index is 0.0556. The van der Waals surface area contributed by atoms with E-state index >= 15 is 0 Å². The second kappa shape index (κ2) is 7.88. The van der Waals surface area contributed by atoms with Crippen LogP contribution in [0.25, 0.3) is 0 Å². The van der Waals surface area contributed by atoms with E-state index in [4.69, 9.17) is 5.11 Å². The van der Waals surface area contributed by atoms with Crippen LogP contribution in [0.5, 0.6) is 0 Å². The Hall–Kier alpha value is -2.57. The van der Waals surface area contributed by atoms with Gasteiger partial charge in [-0.15, -0.1) is 0 Å². The third-order valence-electron chi connectivity index (χ3n) is 2.88. The van der Waals surface area contributed by atoms with Gasteiger partial charge in [0.15, 0.2) is 0 Å². The fraction of sp³-hybridized carbons (Fsp3) is 0.357. The Bertz CT molecular complexity index is 531. The average molecular weight is 293 g/mol. The Kier molecular flexibility index (Phi) is 6.19. The molecule has 0 unspecified atom stereocenters. The summed E-state index contributed by atoms with van der Waals surface area (Å²) < 4.78 is 0. The maximum Gasteiger partial charge on any atom is 0.322 e. The quantitative estimate of drug-likeness (QED) is 0.726. The molecule has 0 fully saturated rings. The van der Waals surface area contributed by atoms with Crippen molar-refractivity contribution in [2.75, 3.05) is 25.5 Å². The van der Waals surface area contributed by atoms with E-state index in [1.807, 2.05) is 0 Å². The standard InChI is InChI=1S/C14H19N3O4/c1-3-17(9-12(18)15-2)14(21)16-11-7-5-4-6-10(11)8-13(19)20/h4-7H,3,8-9H2,1-2H3,(H,15,18)(H,16,21)(H,19,20). The third kappa shape index (κ3) is 5.13.